The van der Waals surface area contributed by atoms with Gasteiger partial charge in [-0.25, -0.2) is 9.59 Å². The zero-order valence-corrected chi connectivity index (χ0v) is 16.0. The van der Waals surface area contributed by atoms with Crippen molar-refractivity contribution in [2.75, 3.05) is 6.61 Å². The summed E-state index contributed by atoms with van der Waals surface area (Å²) in [6.07, 6.45) is 0.307. The first-order valence-electron chi connectivity index (χ1n) is 9.50. The van der Waals surface area contributed by atoms with Crippen molar-refractivity contribution in [2.45, 2.75) is 25.9 Å². The number of carbonyl (C=O) groups is 1. The third kappa shape index (κ3) is 3.82. The topological polar surface area (TPSA) is 116 Å². The van der Waals surface area contributed by atoms with Gasteiger partial charge in [-0.3, -0.25) is 18.7 Å². The molecule has 0 radical (unpaired) electrons. The van der Waals surface area contributed by atoms with Gasteiger partial charge in [0.05, 0.1) is 29.4 Å². The van der Waals surface area contributed by atoms with Crippen LogP contribution in [0.5, 0.6) is 0 Å². The summed E-state index contributed by atoms with van der Waals surface area (Å²) in [4.78, 5) is 51.1. The Balaban J connectivity index is 1.32. The average Bonchev–Trinajstić information content (AvgIpc) is 3.06. The standard InChI is InChI=1S/C21H19N3O6/c25-18(10-12-23-16-8-3-4-9-17(16)30-21(23)28)29-13-5-11-24-19(26)14-6-1-2-7-15(14)22-20(24)27/h1-4,6-9H,5,10-13H2,(H,22,27). The summed E-state index contributed by atoms with van der Waals surface area (Å²) >= 11 is 0. The van der Waals surface area contributed by atoms with Crippen molar-refractivity contribution >= 4 is 28.0 Å². The molecule has 0 atom stereocenters. The second kappa shape index (κ2) is 8.24. The molecule has 1 N–H and O–H groups in total. The average molecular weight is 409 g/mol. The molecule has 4 rings (SSSR count). The summed E-state index contributed by atoms with van der Waals surface area (Å²) in [5.74, 6) is -1.01. The number of hydrogen-bond acceptors (Lipinski definition) is 6. The van der Waals surface area contributed by atoms with Crippen LogP contribution in [0.4, 0.5) is 0 Å². The Morgan fingerprint density at radius 1 is 0.967 bits per heavy atom. The van der Waals surface area contributed by atoms with E-state index in [-0.39, 0.29) is 31.7 Å². The number of hydrogen-bond donors (Lipinski definition) is 1. The van der Waals surface area contributed by atoms with Gasteiger partial charge in [-0.2, -0.15) is 0 Å². The second-order valence-electron chi connectivity index (χ2n) is 6.74. The molecule has 0 fully saturated rings. The summed E-state index contributed by atoms with van der Waals surface area (Å²) in [6.45, 7) is 0.315. The Labute approximate surface area is 169 Å². The van der Waals surface area contributed by atoms with Crippen LogP contribution < -0.4 is 17.0 Å². The molecule has 2 aromatic carbocycles. The quantitative estimate of drug-likeness (QED) is 0.366. The van der Waals surface area contributed by atoms with E-state index in [9.17, 15) is 19.2 Å². The molecule has 2 aromatic heterocycles. The Hall–Kier alpha value is -3.88. The van der Waals surface area contributed by atoms with E-state index in [1.54, 1.807) is 48.5 Å². The Morgan fingerprint density at radius 2 is 1.73 bits per heavy atom. The van der Waals surface area contributed by atoms with Gasteiger partial charge in [-0.15, -0.1) is 0 Å². The maximum absolute atomic E-state index is 12.4. The molecular formula is C21H19N3O6. The Morgan fingerprint density at radius 3 is 2.60 bits per heavy atom. The first-order chi connectivity index (χ1) is 14.5. The zero-order chi connectivity index (χ0) is 21.1. The normalized spacial score (nSPS) is 11.2. The Kier molecular flexibility index (Phi) is 5.34. The van der Waals surface area contributed by atoms with Crippen LogP contribution in [0.25, 0.3) is 22.0 Å². The number of esters is 1. The van der Waals surface area contributed by atoms with Crippen LogP contribution >= 0.6 is 0 Å². The van der Waals surface area contributed by atoms with Gasteiger partial charge in [0.1, 0.15) is 0 Å². The van der Waals surface area contributed by atoms with Gasteiger partial charge in [0.25, 0.3) is 5.56 Å². The predicted octanol–water partition coefficient (Wildman–Crippen LogP) is 1.62. The van der Waals surface area contributed by atoms with Crippen molar-refractivity contribution in [2.24, 2.45) is 0 Å². The SMILES string of the molecule is O=C(CCn1c(=O)oc2ccccc21)OCCCn1c(=O)[nH]c2ccccc2c1=O. The lowest BCUT2D eigenvalue weighted by molar-refractivity contribution is -0.144. The van der Waals surface area contributed by atoms with Gasteiger partial charge in [0.2, 0.25) is 0 Å². The van der Waals surface area contributed by atoms with Gasteiger partial charge >= 0.3 is 17.4 Å². The molecule has 9 nitrogen and oxygen atoms in total. The van der Waals surface area contributed by atoms with Crippen molar-refractivity contribution in [1.29, 1.82) is 0 Å². The van der Waals surface area contributed by atoms with Gasteiger partial charge in [0, 0.05) is 13.1 Å². The summed E-state index contributed by atoms with van der Waals surface area (Å²) in [7, 11) is 0. The highest BCUT2D eigenvalue weighted by molar-refractivity contribution is 5.77. The van der Waals surface area contributed by atoms with Crippen LogP contribution in [0, 0.1) is 0 Å². The number of nitrogens with zero attached hydrogens (tertiary/aromatic N) is 2. The lowest BCUT2D eigenvalue weighted by Gasteiger charge is -2.08. The van der Waals surface area contributed by atoms with E-state index in [1.807, 2.05) is 0 Å². The molecule has 0 unspecified atom stereocenters. The second-order valence-corrected chi connectivity index (χ2v) is 6.74. The number of aromatic amines is 1. The summed E-state index contributed by atoms with van der Waals surface area (Å²) in [5.41, 5.74) is 0.674. The fraction of sp³-hybridized carbons (Fsp3) is 0.238. The third-order valence-corrected chi connectivity index (χ3v) is 4.79. The molecule has 0 saturated carbocycles. The maximum Gasteiger partial charge on any atom is 0.419 e. The van der Waals surface area contributed by atoms with Crippen molar-refractivity contribution in [1.82, 2.24) is 14.1 Å². The van der Waals surface area contributed by atoms with Gasteiger partial charge in [0.15, 0.2) is 5.58 Å². The number of ether oxygens (including phenoxy) is 1. The van der Waals surface area contributed by atoms with Gasteiger partial charge < -0.3 is 14.1 Å². The number of oxazole rings is 1. The molecular weight excluding hydrogens is 390 g/mol. The molecule has 0 aliphatic carbocycles. The fourth-order valence-corrected chi connectivity index (χ4v) is 3.31. The van der Waals surface area contributed by atoms with E-state index in [0.29, 0.717) is 28.4 Å². The molecule has 4 aromatic rings. The van der Waals surface area contributed by atoms with E-state index in [4.69, 9.17) is 9.15 Å². The van der Waals surface area contributed by atoms with Crippen molar-refractivity contribution in [3.8, 4) is 0 Å². The number of benzene rings is 2. The van der Waals surface area contributed by atoms with Crippen LogP contribution in [-0.4, -0.2) is 26.7 Å². The minimum Gasteiger partial charge on any atom is -0.466 e. The summed E-state index contributed by atoms with van der Waals surface area (Å²) in [6, 6.07) is 13.7. The molecule has 0 saturated heterocycles. The third-order valence-electron chi connectivity index (χ3n) is 4.79. The molecule has 0 aliphatic heterocycles. The van der Waals surface area contributed by atoms with Gasteiger partial charge in [-0.1, -0.05) is 24.3 Å². The minimum absolute atomic E-state index is 0.0000589. The molecule has 0 spiro atoms. The van der Waals surface area contributed by atoms with E-state index >= 15 is 0 Å². The van der Waals surface area contributed by atoms with Crippen LogP contribution in [0.2, 0.25) is 0 Å². The molecule has 0 amide bonds. The van der Waals surface area contributed by atoms with Crippen molar-refractivity contribution < 1.29 is 13.9 Å². The fourth-order valence-electron chi connectivity index (χ4n) is 3.31. The number of rotatable bonds is 7. The number of aromatic nitrogens is 3. The number of H-pyrrole nitrogens is 1. The monoisotopic (exact) mass is 409 g/mol. The lowest BCUT2D eigenvalue weighted by Crippen LogP contribution is -2.35. The van der Waals surface area contributed by atoms with Crippen molar-refractivity contribution in [3.05, 3.63) is 79.9 Å². The smallest absolute Gasteiger partial charge is 0.419 e. The highest BCUT2D eigenvalue weighted by Crippen LogP contribution is 2.12. The molecule has 0 bridgehead atoms. The Bertz CT molecular complexity index is 1390. The van der Waals surface area contributed by atoms with E-state index in [1.165, 1.54) is 4.57 Å². The zero-order valence-electron chi connectivity index (χ0n) is 16.0. The highest BCUT2D eigenvalue weighted by Gasteiger charge is 2.11. The molecule has 2 heterocycles. The first kappa shape index (κ1) is 19.4. The number of fused-ring (bicyclic) bond motifs is 2. The largest absolute Gasteiger partial charge is 0.466 e. The molecule has 154 valence electrons. The van der Waals surface area contributed by atoms with Gasteiger partial charge in [-0.05, 0) is 30.7 Å². The first-order valence-corrected chi connectivity index (χ1v) is 9.50. The van der Waals surface area contributed by atoms with Crippen LogP contribution in [0.15, 0.2) is 67.3 Å². The lowest BCUT2D eigenvalue weighted by atomic mass is 10.2. The van der Waals surface area contributed by atoms with E-state index < -0.39 is 17.4 Å². The van der Waals surface area contributed by atoms with Crippen LogP contribution in [0.1, 0.15) is 12.8 Å². The summed E-state index contributed by atoms with van der Waals surface area (Å²) in [5, 5.41) is 0.423. The number of carbonyl (C=O) groups excluding carboxylic acids is 1. The number of nitrogens with one attached hydrogen (secondary N) is 1. The van der Waals surface area contributed by atoms with Crippen LogP contribution in [0.3, 0.4) is 0 Å². The molecule has 0 aliphatic rings. The number of para-hydroxylation sites is 3. The molecule has 30 heavy (non-hydrogen) atoms. The minimum atomic E-state index is -0.529. The molecule has 9 heteroatoms. The maximum atomic E-state index is 12.4. The predicted molar refractivity (Wildman–Crippen MR) is 109 cm³/mol. The van der Waals surface area contributed by atoms with E-state index in [2.05, 4.69) is 4.98 Å². The van der Waals surface area contributed by atoms with Crippen molar-refractivity contribution in [3.63, 3.8) is 0 Å². The number of aryl methyl sites for hydroxylation is 1. The van der Waals surface area contributed by atoms with Crippen LogP contribution in [-0.2, 0) is 22.6 Å². The highest BCUT2D eigenvalue weighted by atomic mass is 16.5. The van der Waals surface area contributed by atoms with E-state index in [0.717, 1.165) is 4.57 Å². The summed E-state index contributed by atoms with van der Waals surface area (Å²) < 4.78 is 12.8.